The molecule has 126 valence electrons. The lowest BCUT2D eigenvalue weighted by Crippen LogP contribution is -2.13. The molecule has 25 heavy (non-hydrogen) atoms. The summed E-state index contributed by atoms with van der Waals surface area (Å²) < 4.78 is 22.8. The number of anilines is 1. The van der Waals surface area contributed by atoms with Crippen LogP contribution in [0, 0.1) is 0 Å². The summed E-state index contributed by atoms with van der Waals surface area (Å²) in [7, 11) is -3.38. The minimum Gasteiger partial charge on any atom is -0.321 e. The summed E-state index contributed by atoms with van der Waals surface area (Å²) in [5.74, 6) is -0.388. The van der Waals surface area contributed by atoms with Crippen LogP contribution in [0.4, 0.5) is 5.69 Å². The molecule has 1 N–H and O–H groups in total. The van der Waals surface area contributed by atoms with Gasteiger partial charge in [0.25, 0.3) is 5.91 Å². The molecular formula is C17H14N4O3S. The highest BCUT2D eigenvalue weighted by Crippen LogP contribution is 2.17. The van der Waals surface area contributed by atoms with Crippen molar-refractivity contribution >= 4 is 21.4 Å². The summed E-state index contributed by atoms with van der Waals surface area (Å²) in [6.07, 6.45) is 3.72. The van der Waals surface area contributed by atoms with E-state index in [1.54, 1.807) is 6.07 Å². The van der Waals surface area contributed by atoms with Gasteiger partial charge in [-0.15, -0.1) is 0 Å². The van der Waals surface area contributed by atoms with E-state index in [9.17, 15) is 13.2 Å². The Morgan fingerprint density at radius 3 is 2.44 bits per heavy atom. The Hall–Kier alpha value is -3.13. The maximum Gasteiger partial charge on any atom is 0.257 e. The number of amides is 1. The number of hydrogen-bond donors (Lipinski definition) is 1. The molecule has 0 radical (unpaired) electrons. The van der Waals surface area contributed by atoms with Crippen LogP contribution >= 0.6 is 0 Å². The van der Waals surface area contributed by atoms with Crippen molar-refractivity contribution in [2.75, 3.05) is 11.6 Å². The van der Waals surface area contributed by atoms with Crippen LogP contribution in [0.2, 0.25) is 0 Å². The first-order valence-corrected chi connectivity index (χ1v) is 9.18. The zero-order valence-electron chi connectivity index (χ0n) is 13.2. The number of carbonyl (C=O) groups excluding carboxylic acids is 1. The normalized spacial score (nSPS) is 11.1. The van der Waals surface area contributed by atoms with Crippen LogP contribution < -0.4 is 5.32 Å². The summed E-state index contributed by atoms with van der Waals surface area (Å²) in [6, 6.07) is 13.8. The zero-order chi connectivity index (χ0) is 17.9. The van der Waals surface area contributed by atoms with Crippen molar-refractivity contribution in [3.05, 3.63) is 66.5 Å². The summed E-state index contributed by atoms with van der Waals surface area (Å²) >= 11 is 0. The Morgan fingerprint density at radius 1 is 1.04 bits per heavy atom. The fourth-order valence-electron chi connectivity index (χ4n) is 2.12. The number of carbonyl (C=O) groups is 1. The largest absolute Gasteiger partial charge is 0.321 e. The Balaban J connectivity index is 1.80. The Labute approximate surface area is 144 Å². The summed E-state index contributed by atoms with van der Waals surface area (Å²) in [5.41, 5.74) is 2.15. The predicted molar refractivity (Wildman–Crippen MR) is 92.8 cm³/mol. The third kappa shape index (κ3) is 4.04. The molecule has 2 aromatic heterocycles. The molecule has 8 heteroatoms. The molecule has 0 saturated heterocycles. The third-order valence-corrected chi connectivity index (χ3v) is 4.36. The van der Waals surface area contributed by atoms with Gasteiger partial charge in [0, 0.05) is 11.8 Å². The molecule has 0 spiro atoms. The Bertz CT molecular complexity index is 1000. The quantitative estimate of drug-likeness (QED) is 0.770. The first-order chi connectivity index (χ1) is 11.9. The first-order valence-electron chi connectivity index (χ1n) is 7.29. The number of nitrogens with one attached hydrogen (secondary N) is 1. The molecule has 2 heterocycles. The van der Waals surface area contributed by atoms with Crippen molar-refractivity contribution in [1.82, 2.24) is 15.2 Å². The highest BCUT2D eigenvalue weighted by atomic mass is 32.2. The van der Waals surface area contributed by atoms with Gasteiger partial charge in [-0.25, -0.2) is 13.4 Å². The van der Waals surface area contributed by atoms with E-state index in [4.69, 9.17) is 0 Å². The Kier molecular flexibility index (Phi) is 4.53. The van der Waals surface area contributed by atoms with Gasteiger partial charge in [-0.1, -0.05) is 30.3 Å². The lowest BCUT2D eigenvalue weighted by Gasteiger charge is -2.06. The topological polar surface area (TPSA) is 102 Å². The molecule has 0 unspecified atom stereocenters. The fourth-order valence-corrected chi connectivity index (χ4v) is 2.68. The van der Waals surface area contributed by atoms with Gasteiger partial charge in [-0.05, 0) is 18.2 Å². The minimum absolute atomic E-state index is 0.0533. The van der Waals surface area contributed by atoms with Crippen molar-refractivity contribution < 1.29 is 13.2 Å². The van der Waals surface area contributed by atoms with E-state index in [1.807, 2.05) is 30.3 Å². The predicted octanol–water partition coefficient (Wildman–Crippen LogP) is 2.19. The second kappa shape index (κ2) is 6.78. The molecular weight excluding hydrogens is 340 g/mol. The number of aromatic nitrogens is 3. The average molecular weight is 354 g/mol. The highest BCUT2D eigenvalue weighted by molar-refractivity contribution is 7.90. The molecule has 1 aromatic carbocycles. The maximum atomic E-state index is 12.4. The molecule has 0 saturated carbocycles. The summed E-state index contributed by atoms with van der Waals surface area (Å²) in [4.78, 5) is 16.2. The standard InChI is InChI=1S/C17H14N4O3S/c1-25(23,24)16-8-7-14(11-18-16)20-17(22)13-9-15(21-19-10-13)12-5-3-2-4-6-12/h2-11H,1H3,(H,20,22). The van der Waals surface area contributed by atoms with Crippen molar-refractivity contribution in [2.45, 2.75) is 5.03 Å². The van der Waals surface area contributed by atoms with Crippen LogP contribution in [0.1, 0.15) is 10.4 Å². The molecule has 0 fully saturated rings. The lowest BCUT2D eigenvalue weighted by atomic mass is 10.1. The second-order valence-corrected chi connectivity index (χ2v) is 7.27. The van der Waals surface area contributed by atoms with Gasteiger partial charge in [0.1, 0.15) is 0 Å². The monoisotopic (exact) mass is 354 g/mol. The number of sulfone groups is 1. The third-order valence-electron chi connectivity index (χ3n) is 3.36. The number of nitrogens with zero attached hydrogens (tertiary/aromatic N) is 3. The zero-order valence-corrected chi connectivity index (χ0v) is 14.1. The molecule has 0 aliphatic heterocycles. The van der Waals surface area contributed by atoms with Gasteiger partial charge in [0.15, 0.2) is 14.9 Å². The van der Waals surface area contributed by atoms with Gasteiger partial charge in [0.2, 0.25) is 0 Å². The van der Waals surface area contributed by atoms with E-state index in [-0.39, 0.29) is 10.9 Å². The SMILES string of the molecule is CS(=O)(=O)c1ccc(NC(=O)c2cnnc(-c3ccccc3)c2)cn1. The van der Waals surface area contributed by atoms with E-state index >= 15 is 0 Å². The van der Waals surface area contributed by atoms with Gasteiger partial charge < -0.3 is 5.32 Å². The molecule has 0 bridgehead atoms. The van der Waals surface area contributed by atoms with E-state index < -0.39 is 9.84 Å². The molecule has 0 atom stereocenters. The van der Waals surface area contributed by atoms with E-state index in [0.717, 1.165) is 11.8 Å². The van der Waals surface area contributed by atoms with E-state index in [1.165, 1.54) is 24.5 Å². The highest BCUT2D eigenvalue weighted by Gasteiger charge is 2.12. The fraction of sp³-hybridized carbons (Fsp3) is 0.0588. The molecule has 0 aliphatic rings. The molecule has 7 nitrogen and oxygen atoms in total. The van der Waals surface area contributed by atoms with Crippen LogP contribution in [0.5, 0.6) is 0 Å². The van der Waals surface area contributed by atoms with E-state index in [2.05, 4.69) is 20.5 Å². The summed E-state index contributed by atoms with van der Waals surface area (Å²) in [6.45, 7) is 0. The van der Waals surface area contributed by atoms with Gasteiger partial charge in [-0.2, -0.15) is 10.2 Å². The first kappa shape index (κ1) is 16.7. The smallest absolute Gasteiger partial charge is 0.257 e. The maximum absolute atomic E-state index is 12.4. The van der Waals surface area contributed by atoms with Crippen molar-refractivity contribution in [3.8, 4) is 11.3 Å². The van der Waals surface area contributed by atoms with Crippen LogP contribution in [0.25, 0.3) is 11.3 Å². The van der Waals surface area contributed by atoms with Gasteiger partial charge in [0.05, 0.1) is 29.3 Å². The summed E-state index contributed by atoms with van der Waals surface area (Å²) in [5, 5.41) is 10.5. The van der Waals surface area contributed by atoms with Crippen molar-refractivity contribution in [1.29, 1.82) is 0 Å². The second-order valence-electron chi connectivity index (χ2n) is 5.31. The number of rotatable bonds is 4. The molecule has 0 aliphatic carbocycles. The molecule has 3 aromatic rings. The number of hydrogen-bond acceptors (Lipinski definition) is 6. The minimum atomic E-state index is -3.38. The van der Waals surface area contributed by atoms with Crippen LogP contribution in [0.3, 0.4) is 0 Å². The van der Waals surface area contributed by atoms with Gasteiger partial charge in [-0.3, -0.25) is 4.79 Å². The van der Waals surface area contributed by atoms with Crippen molar-refractivity contribution in [2.24, 2.45) is 0 Å². The van der Waals surface area contributed by atoms with Crippen molar-refractivity contribution in [3.63, 3.8) is 0 Å². The molecule has 1 amide bonds. The lowest BCUT2D eigenvalue weighted by molar-refractivity contribution is 0.102. The van der Waals surface area contributed by atoms with E-state index in [0.29, 0.717) is 16.9 Å². The average Bonchev–Trinajstić information content (AvgIpc) is 2.62. The van der Waals surface area contributed by atoms with Gasteiger partial charge >= 0.3 is 0 Å². The number of benzene rings is 1. The molecule has 3 rings (SSSR count). The van der Waals surface area contributed by atoms with Crippen LogP contribution in [-0.4, -0.2) is 35.8 Å². The Morgan fingerprint density at radius 2 is 1.80 bits per heavy atom. The van der Waals surface area contributed by atoms with Crippen LogP contribution in [-0.2, 0) is 9.84 Å². The number of pyridine rings is 1. The van der Waals surface area contributed by atoms with Crippen LogP contribution in [0.15, 0.2) is 66.0 Å².